The van der Waals surface area contributed by atoms with Gasteiger partial charge >= 0.3 is 0 Å². The third-order valence-corrected chi connectivity index (χ3v) is 16.6. The molecule has 4 heterocycles. The summed E-state index contributed by atoms with van der Waals surface area (Å²) >= 11 is 2.94. The Morgan fingerprint density at radius 3 is 1.48 bits per heavy atom. The Hall–Kier alpha value is -3.70. The van der Waals surface area contributed by atoms with Gasteiger partial charge in [0.15, 0.2) is 6.29 Å². The van der Waals surface area contributed by atoms with Crippen LogP contribution in [-0.4, -0.2) is 235 Å². The molecular formula is C54H90F2N8O16S4. The van der Waals surface area contributed by atoms with Gasteiger partial charge in [0.25, 0.3) is 11.4 Å². The molecule has 2 aromatic carbocycles. The third kappa shape index (κ3) is 23.1. The van der Waals surface area contributed by atoms with Crippen LogP contribution in [0.25, 0.3) is 0 Å². The van der Waals surface area contributed by atoms with Crippen LogP contribution in [0, 0.1) is 32.1 Å². The third-order valence-electron chi connectivity index (χ3n) is 14.9. The smallest absolute Gasteiger partial charge is 0.279 e. The van der Waals surface area contributed by atoms with Gasteiger partial charge in [0.05, 0.1) is 39.6 Å². The number of carbonyl (C=O) groups is 4. The molecule has 2 amide bonds. The van der Waals surface area contributed by atoms with Gasteiger partial charge < -0.3 is 61.3 Å². The zero-order valence-electron chi connectivity index (χ0n) is 49.6. The van der Waals surface area contributed by atoms with Crippen LogP contribution < -0.4 is 16.4 Å². The van der Waals surface area contributed by atoms with E-state index in [4.69, 9.17) is 20.0 Å². The van der Waals surface area contributed by atoms with Crippen molar-refractivity contribution in [3.63, 3.8) is 0 Å². The molecule has 24 nitrogen and oxygen atoms in total. The maximum Gasteiger partial charge on any atom is 0.279 e. The van der Waals surface area contributed by atoms with E-state index in [0.717, 1.165) is 51.6 Å². The summed E-state index contributed by atoms with van der Waals surface area (Å²) in [4.78, 5) is 71.4. The van der Waals surface area contributed by atoms with E-state index in [9.17, 15) is 73.0 Å². The molecule has 6 rings (SSSR count). The summed E-state index contributed by atoms with van der Waals surface area (Å²) in [6.07, 6.45) is 2.47. The quantitative estimate of drug-likeness (QED) is 0.0514. The lowest BCUT2D eigenvalue weighted by molar-refractivity contribution is -0.385. The number of nitro benzene ring substituents is 2. The molecule has 4 aliphatic heterocycles. The number of likely N-dealkylation sites (tertiary alicyclic amines) is 2. The minimum Gasteiger partial charge on any atom is -0.388 e. The monoisotopic (exact) mass is 1270 g/mol. The molecule has 30 heteroatoms. The first-order valence-electron chi connectivity index (χ1n) is 27.2. The number of carbonyl (C=O) groups excluding carboxylic acids is 4. The lowest BCUT2D eigenvalue weighted by Gasteiger charge is -2.46. The van der Waals surface area contributed by atoms with Crippen molar-refractivity contribution in [1.29, 1.82) is 0 Å². The number of aldehydes is 1. The molecule has 2 aromatic rings. The molecule has 0 saturated carbocycles. The zero-order chi connectivity index (χ0) is 64.1. The molecule has 0 bridgehead atoms. The first kappa shape index (κ1) is 78.3. The average Bonchev–Trinajstić information content (AvgIpc) is 3.87. The highest BCUT2D eigenvalue weighted by molar-refractivity contribution is 7.99. The number of ether oxygens (including phenoxy) is 2. The van der Waals surface area contributed by atoms with Crippen molar-refractivity contribution in [2.45, 2.75) is 169 Å². The molecule has 0 radical (unpaired) electrons. The lowest BCUT2D eigenvalue weighted by Crippen LogP contribution is -2.67. The number of nitrogens with zero attached hydrogens (tertiary/aromatic N) is 5. The fourth-order valence-corrected chi connectivity index (χ4v) is 11.9. The Morgan fingerprint density at radius 1 is 0.726 bits per heavy atom. The summed E-state index contributed by atoms with van der Waals surface area (Å²) in [5.41, 5.74) is 5.05. The van der Waals surface area contributed by atoms with Crippen LogP contribution in [0.3, 0.4) is 0 Å². The van der Waals surface area contributed by atoms with E-state index < -0.39 is 93.7 Å². The van der Waals surface area contributed by atoms with Crippen molar-refractivity contribution in [3.8, 4) is 0 Å². The molecular weight excluding hydrogens is 1180 g/mol. The van der Waals surface area contributed by atoms with Crippen molar-refractivity contribution in [1.82, 2.24) is 25.3 Å². The van der Waals surface area contributed by atoms with E-state index >= 15 is 0 Å². The van der Waals surface area contributed by atoms with Crippen molar-refractivity contribution >= 4 is 84.1 Å². The maximum atomic E-state index is 13.6. The minimum atomic E-state index is -1.46. The van der Waals surface area contributed by atoms with Crippen LogP contribution in [0.15, 0.2) is 48.5 Å². The Morgan fingerprint density at radius 2 is 1.11 bits per heavy atom. The number of nitrogens with one attached hydrogen (secondary N) is 2. The highest BCUT2D eigenvalue weighted by Crippen LogP contribution is 2.34. The topological polar surface area (TPSA) is 354 Å². The second kappa shape index (κ2) is 40.7. The van der Waals surface area contributed by atoms with Gasteiger partial charge in [0, 0.05) is 86.2 Å². The molecule has 4 saturated heterocycles. The molecule has 4 unspecified atom stereocenters. The van der Waals surface area contributed by atoms with Crippen LogP contribution >= 0.6 is 47.8 Å². The van der Waals surface area contributed by atoms with Crippen LogP contribution in [0.2, 0.25) is 0 Å². The molecule has 4 aliphatic rings. The number of thioether (sulfide) groups is 2. The van der Waals surface area contributed by atoms with Crippen LogP contribution in [0.4, 0.5) is 19.1 Å². The van der Waals surface area contributed by atoms with E-state index in [2.05, 4.69) is 29.4 Å². The Bertz CT molecular complexity index is 2260. The van der Waals surface area contributed by atoms with Gasteiger partial charge in [-0.25, -0.2) is 0 Å². The van der Waals surface area contributed by atoms with Crippen LogP contribution in [0.1, 0.15) is 82.1 Å². The van der Waals surface area contributed by atoms with Gasteiger partial charge in [0.2, 0.25) is 11.8 Å². The number of nitrogens with two attached hydrogens (primary N) is 1. The molecule has 0 aliphatic carbocycles. The van der Waals surface area contributed by atoms with E-state index in [0.29, 0.717) is 23.7 Å². The van der Waals surface area contributed by atoms with Gasteiger partial charge in [-0.3, -0.25) is 49.3 Å². The summed E-state index contributed by atoms with van der Waals surface area (Å²) in [6, 6.07) is 9.29. The second-order valence-corrected chi connectivity index (χ2v) is 23.2. The fraction of sp³-hybridized carbons (Fsp3) is 0.704. The first-order valence-corrected chi connectivity index (χ1v) is 32.0. The minimum absolute atomic E-state index is 0.00313. The van der Waals surface area contributed by atoms with E-state index in [1.54, 1.807) is 50.7 Å². The van der Waals surface area contributed by atoms with Crippen molar-refractivity contribution < 1.29 is 76.9 Å². The molecule has 0 aromatic heterocycles. The Balaban J connectivity index is 0.000000661. The SMILES string of the molecule is C=O.CCC[C@@H]1C[C@@H](C(=O)N[C@@H]([C@H]2OC(SC)[C@H](O)[C@H](O)C2O)[C@H](C)N(C)Cc2ccccc2[N+](=O)[O-])N(C)C1.CCC[C@@H]1C[C@@H](C(=O)N[C@H]([C@H](C)N)[C@H]2OC(SC)[C@H](O)[C@H](O)C2O)N(C)C1.CSF.CSF.O=Cc1ccccc1[N+](=O)[O-]. The molecule has 480 valence electrons. The van der Waals surface area contributed by atoms with E-state index in [-0.39, 0.29) is 71.7 Å². The second-order valence-electron chi connectivity index (χ2n) is 20.8. The number of benzene rings is 2. The summed E-state index contributed by atoms with van der Waals surface area (Å²) in [5.74, 6) is 0.584. The number of para-hydroxylation sites is 2. The van der Waals surface area contributed by atoms with Crippen molar-refractivity contribution in [2.75, 3.05) is 59.3 Å². The number of likely N-dealkylation sites (N-methyl/N-ethyl adjacent to an activating group) is 3. The van der Waals surface area contributed by atoms with Crippen molar-refractivity contribution in [3.05, 3.63) is 79.9 Å². The standard InChI is InChI=1S/C26H42N4O7S.C18H35N3O5S.C7H5NO3.2CH3FS.CH2O/c1-6-9-16-12-19(29(4)13-16)25(34)27-20(24-22(32)21(31)23(33)26(37-24)38-5)15(2)28(3)14-17-10-7-8-11-18(17)30(35)36;1-5-6-10-7-11(21(3)8-10)17(25)20-12(9(2)19)16-14(23)13(22)15(24)18(26-16)27-4;9-5-6-3-1-2-4-7(6)8(10)11;2*1-3-2;1-2/h7-8,10-11,15-16,19-24,26,31-33H,6,9,12-14H2,1-5H3,(H,27,34);9-16,18,22-24H,5-8,19H2,1-4H3,(H,20,25);1-5H;2*1H3;1H2/t15-,16+,19-,20+,21+,22?,23+,24+,26?;9-,10+,11-,12+,13+,14?,15+,16+,18?;;;;/m00..../s1. The molecule has 18 atom stereocenters. The van der Waals surface area contributed by atoms with E-state index in [1.807, 2.05) is 37.6 Å². The lowest BCUT2D eigenvalue weighted by atomic mass is 9.90. The number of halogens is 2. The fourth-order valence-electron chi connectivity index (χ4n) is 10.6. The summed E-state index contributed by atoms with van der Waals surface area (Å²) in [7, 11) is 5.65. The summed E-state index contributed by atoms with van der Waals surface area (Å²) in [6.45, 7) is 11.8. The average molecular weight is 1270 g/mol. The number of aliphatic hydroxyl groups excluding tert-OH is 6. The number of aliphatic hydroxyl groups is 6. The summed E-state index contributed by atoms with van der Waals surface area (Å²) < 4.78 is 32.3. The largest absolute Gasteiger partial charge is 0.388 e. The number of hydrogen-bond donors (Lipinski definition) is 9. The highest BCUT2D eigenvalue weighted by atomic mass is 32.2. The Labute approximate surface area is 509 Å². The van der Waals surface area contributed by atoms with Gasteiger partial charge in [-0.05, 0) is 91.1 Å². The molecule has 4 fully saturated rings. The highest BCUT2D eigenvalue weighted by Gasteiger charge is 2.50. The number of amides is 2. The number of nitro groups is 2. The number of hydrogen-bond acceptors (Lipinski definition) is 24. The van der Waals surface area contributed by atoms with Gasteiger partial charge in [0.1, 0.15) is 66.5 Å². The van der Waals surface area contributed by atoms with Crippen LogP contribution in [0.5, 0.6) is 0 Å². The predicted molar refractivity (Wildman–Crippen MR) is 326 cm³/mol. The number of rotatable bonds is 20. The van der Waals surface area contributed by atoms with Gasteiger partial charge in [-0.1, -0.05) is 57.0 Å². The van der Waals surface area contributed by atoms with E-state index in [1.165, 1.54) is 60.3 Å². The Kier molecular flexibility index (Phi) is 37.9. The van der Waals surface area contributed by atoms with Gasteiger partial charge in [-0.2, -0.15) is 7.77 Å². The first-order chi connectivity index (χ1) is 39.8. The van der Waals surface area contributed by atoms with Crippen molar-refractivity contribution in [2.24, 2.45) is 17.6 Å². The normalized spacial score (nSPS) is 28.9. The molecule has 84 heavy (non-hydrogen) atoms. The molecule has 0 spiro atoms. The maximum absolute atomic E-state index is 13.6. The van der Waals surface area contributed by atoms with Crippen LogP contribution in [-0.2, 0) is 30.4 Å². The molecule has 10 N–H and O–H groups in total. The predicted octanol–water partition coefficient (Wildman–Crippen LogP) is 3.99. The van der Waals surface area contributed by atoms with Gasteiger partial charge in [-0.15, -0.1) is 23.5 Å². The summed E-state index contributed by atoms with van der Waals surface area (Å²) in [5, 5.41) is 90.4. The zero-order valence-corrected chi connectivity index (χ0v) is 52.9.